The van der Waals surface area contributed by atoms with E-state index in [-0.39, 0.29) is 6.03 Å². The molecule has 7 heteroatoms. The third-order valence-electron chi connectivity index (χ3n) is 6.87. The van der Waals surface area contributed by atoms with Crippen LogP contribution in [0.3, 0.4) is 0 Å². The number of benzene rings is 2. The fourth-order valence-electron chi connectivity index (χ4n) is 4.97. The molecule has 0 saturated carbocycles. The van der Waals surface area contributed by atoms with Crippen molar-refractivity contribution in [3.05, 3.63) is 53.1 Å². The average molecular weight is 451 g/mol. The van der Waals surface area contributed by atoms with Crippen LogP contribution in [0, 0.1) is 0 Å². The van der Waals surface area contributed by atoms with Gasteiger partial charge >= 0.3 is 6.03 Å². The minimum absolute atomic E-state index is 0.147. The van der Waals surface area contributed by atoms with E-state index in [9.17, 15) is 4.79 Å². The van der Waals surface area contributed by atoms with Crippen molar-refractivity contribution >= 4 is 17.4 Å². The molecular formula is C26H34N4O3. The van der Waals surface area contributed by atoms with Crippen molar-refractivity contribution in [1.82, 2.24) is 10.2 Å². The van der Waals surface area contributed by atoms with Gasteiger partial charge in [0, 0.05) is 55.7 Å². The van der Waals surface area contributed by atoms with Crippen LogP contribution >= 0.6 is 0 Å². The van der Waals surface area contributed by atoms with Crippen molar-refractivity contribution in [3.8, 4) is 5.75 Å². The van der Waals surface area contributed by atoms with Crippen LogP contribution in [0.2, 0.25) is 0 Å². The molecule has 0 aliphatic carbocycles. The van der Waals surface area contributed by atoms with Crippen LogP contribution in [0.5, 0.6) is 5.75 Å². The monoisotopic (exact) mass is 450 g/mol. The van der Waals surface area contributed by atoms with Crippen LogP contribution in [-0.4, -0.2) is 63.4 Å². The molecule has 0 unspecified atom stereocenters. The number of rotatable bonds is 7. The number of carbonyl (C=O) groups is 1. The second-order valence-electron chi connectivity index (χ2n) is 9.05. The molecule has 7 nitrogen and oxygen atoms in total. The zero-order valence-corrected chi connectivity index (χ0v) is 19.3. The highest BCUT2D eigenvalue weighted by Crippen LogP contribution is 2.29. The number of amides is 2. The van der Waals surface area contributed by atoms with E-state index < -0.39 is 0 Å². The molecule has 0 aromatic heterocycles. The average Bonchev–Trinajstić information content (AvgIpc) is 3.04. The lowest BCUT2D eigenvalue weighted by molar-refractivity contribution is 0.111. The number of anilines is 2. The number of nitrogens with zero attached hydrogens (tertiary/aromatic N) is 2. The van der Waals surface area contributed by atoms with Crippen LogP contribution < -0.4 is 20.3 Å². The van der Waals surface area contributed by atoms with Gasteiger partial charge in [-0.05, 0) is 55.5 Å². The highest BCUT2D eigenvalue weighted by atomic mass is 16.5. The Morgan fingerprint density at radius 3 is 2.82 bits per heavy atom. The van der Waals surface area contributed by atoms with Gasteiger partial charge in [0.25, 0.3) is 0 Å². The van der Waals surface area contributed by atoms with Crippen molar-refractivity contribution in [3.63, 3.8) is 0 Å². The number of hydrogen-bond donors (Lipinski definition) is 2. The minimum Gasteiger partial charge on any atom is -0.494 e. The number of nitrogens with one attached hydrogen (secondary N) is 2. The molecule has 3 aliphatic rings. The van der Waals surface area contributed by atoms with Crippen molar-refractivity contribution in [2.45, 2.75) is 32.3 Å². The number of fused-ring (bicyclic) bond motifs is 2. The number of piperazine rings is 1. The Morgan fingerprint density at radius 1 is 1.00 bits per heavy atom. The molecule has 3 aliphatic heterocycles. The molecule has 0 radical (unpaired) electrons. The molecule has 33 heavy (non-hydrogen) atoms. The maximum Gasteiger partial charge on any atom is 0.319 e. The number of hydrogen-bond acceptors (Lipinski definition) is 5. The largest absolute Gasteiger partial charge is 0.494 e. The molecule has 2 N–H and O–H groups in total. The van der Waals surface area contributed by atoms with Gasteiger partial charge in [-0.3, -0.25) is 4.90 Å². The van der Waals surface area contributed by atoms with Crippen LogP contribution in [0.15, 0.2) is 36.4 Å². The maximum absolute atomic E-state index is 11.7. The summed E-state index contributed by atoms with van der Waals surface area (Å²) >= 11 is 0. The molecule has 3 heterocycles. The summed E-state index contributed by atoms with van der Waals surface area (Å²) in [5.74, 6) is 0.819. The first-order valence-electron chi connectivity index (χ1n) is 12.2. The van der Waals surface area contributed by atoms with Gasteiger partial charge in [-0.2, -0.15) is 0 Å². The Morgan fingerprint density at radius 2 is 1.91 bits per heavy atom. The first-order chi connectivity index (χ1) is 16.3. The first kappa shape index (κ1) is 22.0. The molecule has 0 bridgehead atoms. The third kappa shape index (κ3) is 5.42. The quantitative estimate of drug-likeness (QED) is 0.633. The smallest absolute Gasteiger partial charge is 0.319 e. The Labute approximate surface area is 196 Å². The Balaban J connectivity index is 1.03. The minimum atomic E-state index is -0.147. The van der Waals surface area contributed by atoms with Gasteiger partial charge in [-0.25, -0.2) is 4.79 Å². The topological polar surface area (TPSA) is 66.1 Å². The lowest BCUT2D eigenvalue weighted by atomic mass is 10.0. The lowest BCUT2D eigenvalue weighted by Crippen LogP contribution is -2.47. The van der Waals surface area contributed by atoms with Crippen molar-refractivity contribution < 1.29 is 14.3 Å². The number of ether oxygens (including phenoxy) is 2. The normalized spacial score (nSPS) is 18.5. The highest BCUT2D eigenvalue weighted by molar-refractivity contribution is 5.91. The Hall–Kier alpha value is -2.77. The molecule has 2 aromatic rings. The molecule has 176 valence electrons. The van der Waals surface area contributed by atoms with Gasteiger partial charge in [-0.15, -0.1) is 0 Å². The second-order valence-corrected chi connectivity index (χ2v) is 9.05. The van der Waals surface area contributed by atoms with Crippen LogP contribution in [0.25, 0.3) is 0 Å². The summed E-state index contributed by atoms with van der Waals surface area (Å²) in [5, 5.41) is 5.71. The van der Waals surface area contributed by atoms with Gasteiger partial charge in [-0.1, -0.05) is 18.2 Å². The molecule has 1 saturated heterocycles. The van der Waals surface area contributed by atoms with Gasteiger partial charge in [0.05, 0.1) is 19.8 Å². The van der Waals surface area contributed by atoms with Crippen molar-refractivity contribution in [2.24, 2.45) is 0 Å². The predicted molar refractivity (Wildman–Crippen MR) is 130 cm³/mol. The number of urea groups is 1. The maximum atomic E-state index is 11.7. The van der Waals surface area contributed by atoms with Crippen LogP contribution in [-0.2, 0) is 24.2 Å². The molecule has 2 amide bonds. The summed E-state index contributed by atoms with van der Waals surface area (Å²) in [6.07, 6.45) is 4.01. The SMILES string of the molecule is O=C1NCCc2ccc(OCCCCN3CCN(c4cccc5c4COCC5)CC3)cc2N1. The molecule has 1 fully saturated rings. The van der Waals surface area contributed by atoms with E-state index in [1.54, 1.807) is 0 Å². The van der Waals surface area contributed by atoms with Crippen LogP contribution in [0.1, 0.15) is 29.5 Å². The third-order valence-corrected chi connectivity index (χ3v) is 6.87. The van der Waals surface area contributed by atoms with Gasteiger partial charge in [0.1, 0.15) is 5.75 Å². The zero-order valence-electron chi connectivity index (χ0n) is 19.3. The van der Waals surface area contributed by atoms with E-state index in [0.717, 1.165) is 88.6 Å². The highest BCUT2D eigenvalue weighted by Gasteiger charge is 2.21. The standard InChI is InChI=1S/C26H34N4O3/c31-26-27-10-8-21-6-7-22(18-24(21)28-26)33-16-2-1-11-29-12-14-30(15-13-29)25-5-3-4-20-9-17-32-19-23(20)25/h3-7,18H,1-2,8-17,19H2,(H2,27,28,31). The Bertz CT molecular complexity index is 972. The summed E-state index contributed by atoms with van der Waals surface area (Å²) in [5.41, 5.74) is 6.21. The van der Waals surface area contributed by atoms with E-state index in [4.69, 9.17) is 9.47 Å². The fraction of sp³-hybridized carbons (Fsp3) is 0.500. The van der Waals surface area contributed by atoms with E-state index in [2.05, 4.69) is 38.6 Å². The number of unbranched alkanes of at least 4 members (excludes halogenated alkanes) is 1. The molecule has 5 rings (SSSR count). The molecular weight excluding hydrogens is 416 g/mol. The first-order valence-corrected chi connectivity index (χ1v) is 12.2. The van der Waals surface area contributed by atoms with E-state index in [1.165, 1.54) is 16.8 Å². The summed E-state index contributed by atoms with van der Waals surface area (Å²) in [6.45, 7) is 8.41. The van der Waals surface area contributed by atoms with Crippen molar-refractivity contribution in [1.29, 1.82) is 0 Å². The summed E-state index contributed by atoms with van der Waals surface area (Å²) in [7, 11) is 0. The van der Waals surface area contributed by atoms with Gasteiger partial charge < -0.3 is 25.0 Å². The van der Waals surface area contributed by atoms with Gasteiger partial charge in [0.2, 0.25) is 0 Å². The molecule has 0 atom stereocenters. The number of carbonyl (C=O) groups excluding carboxylic acids is 1. The molecule has 0 spiro atoms. The Kier molecular flexibility index (Phi) is 6.98. The second kappa shape index (κ2) is 10.4. The van der Waals surface area contributed by atoms with Gasteiger partial charge in [0.15, 0.2) is 0 Å². The summed E-state index contributed by atoms with van der Waals surface area (Å²) in [6, 6.07) is 12.5. The molecule has 2 aromatic carbocycles. The fourth-order valence-corrected chi connectivity index (χ4v) is 4.97. The summed E-state index contributed by atoms with van der Waals surface area (Å²) < 4.78 is 11.7. The zero-order chi connectivity index (χ0) is 22.5. The van der Waals surface area contributed by atoms with E-state index in [1.807, 2.05) is 18.2 Å². The van der Waals surface area contributed by atoms with E-state index >= 15 is 0 Å². The predicted octanol–water partition coefficient (Wildman–Crippen LogP) is 3.42. The summed E-state index contributed by atoms with van der Waals surface area (Å²) in [4.78, 5) is 16.8. The van der Waals surface area contributed by atoms with Crippen molar-refractivity contribution in [2.75, 3.05) is 62.7 Å². The lowest BCUT2D eigenvalue weighted by Gasteiger charge is -2.37. The van der Waals surface area contributed by atoms with E-state index in [0.29, 0.717) is 13.2 Å². The van der Waals surface area contributed by atoms with Crippen LogP contribution in [0.4, 0.5) is 16.2 Å².